The van der Waals surface area contributed by atoms with E-state index in [-0.39, 0.29) is 17.9 Å². The summed E-state index contributed by atoms with van der Waals surface area (Å²) in [4.78, 5) is 11.5. The summed E-state index contributed by atoms with van der Waals surface area (Å²) in [5.74, 6) is -0.00616. The van der Waals surface area contributed by atoms with Gasteiger partial charge in [0.1, 0.15) is 0 Å². The highest BCUT2D eigenvalue weighted by Gasteiger charge is 2.14. The van der Waals surface area contributed by atoms with E-state index in [9.17, 15) is 4.79 Å². The van der Waals surface area contributed by atoms with Gasteiger partial charge >= 0.3 is 0 Å². The topological polar surface area (TPSA) is 49.3 Å². The Hall–Kier alpha value is -1.35. The average molecular weight is 263 g/mol. The number of carbonyl (C=O) groups excluding carboxylic acids is 1. The zero-order valence-electron chi connectivity index (χ0n) is 12.4. The molecule has 0 spiro atoms. The summed E-state index contributed by atoms with van der Waals surface area (Å²) in [7, 11) is 0. The quantitative estimate of drug-likeness (QED) is 0.858. The highest BCUT2D eigenvalue weighted by molar-refractivity contribution is 5.75. The van der Waals surface area contributed by atoms with Gasteiger partial charge in [0.05, 0.1) is 0 Å². The Morgan fingerprint density at radius 1 is 1.32 bits per heavy atom. The van der Waals surface area contributed by atoms with Crippen LogP contribution >= 0.6 is 0 Å². The first kappa shape index (κ1) is 15.7. The van der Waals surface area contributed by atoms with E-state index in [4.69, 9.17) is 5.11 Å². The Labute approximate surface area is 116 Å². The molecule has 0 radical (unpaired) electrons. The van der Waals surface area contributed by atoms with Crippen LogP contribution in [0.15, 0.2) is 18.2 Å². The number of benzene rings is 1. The van der Waals surface area contributed by atoms with E-state index in [0.29, 0.717) is 19.4 Å². The molecule has 3 heteroatoms. The normalized spacial score (nSPS) is 11.4. The van der Waals surface area contributed by atoms with Gasteiger partial charge in [0.25, 0.3) is 0 Å². The van der Waals surface area contributed by atoms with Gasteiger partial charge in [-0.05, 0) is 35.4 Å². The number of hydrogen-bond donors (Lipinski definition) is 2. The molecule has 0 aliphatic rings. The number of amides is 1. The molecule has 0 unspecified atom stereocenters. The van der Waals surface area contributed by atoms with Crippen molar-refractivity contribution in [1.29, 1.82) is 0 Å². The summed E-state index contributed by atoms with van der Waals surface area (Å²) in [6, 6.07) is 6.40. The molecule has 0 aromatic heterocycles. The molecule has 1 amide bonds. The number of aryl methyl sites for hydroxylation is 1. The molecular weight excluding hydrogens is 238 g/mol. The maximum atomic E-state index is 11.5. The minimum Gasteiger partial charge on any atom is -0.396 e. The minimum atomic E-state index is -0.00616. The second-order valence-corrected chi connectivity index (χ2v) is 6.00. The second kappa shape index (κ2) is 6.71. The molecule has 0 bridgehead atoms. The second-order valence-electron chi connectivity index (χ2n) is 6.00. The Kier molecular flexibility index (Phi) is 5.55. The highest BCUT2D eigenvalue weighted by atomic mass is 16.3. The van der Waals surface area contributed by atoms with Crippen LogP contribution in [0.5, 0.6) is 0 Å². The lowest BCUT2D eigenvalue weighted by atomic mass is 9.85. The van der Waals surface area contributed by atoms with Crippen molar-refractivity contribution < 1.29 is 9.90 Å². The summed E-state index contributed by atoms with van der Waals surface area (Å²) in [6.07, 6.45) is 0.906. The molecule has 0 saturated heterocycles. The molecule has 3 nitrogen and oxygen atoms in total. The first-order valence-corrected chi connectivity index (χ1v) is 6.82. The van der Waals surface area contributed by atoms with Crippen LogP contribution in [0, 0.1) is 6.92 Å². The van der Waals surface area contributed by atoms with Crippen LogP contribution in [0.2, 0.25) is 0 Å². The van der Waals surface area contributed by atoms with Crippen LogP contribution < -0.4 is 5.32 Å². The third-order valence-corrected chi connectivity index (χ3v) is 3.25. The zero-order valence-corrected chi connectivity index (χ0v) is 12.4. The first-order chi connectivity index (χ1) is 8.84. The molecule has 1 aromatic rings. The molecule has 0 atom stereocenters. The standard InChI is InChI=1S/C16H25NO2/c1-12-10-14(16(2,3)4)8-7-13(12)11-17-15(19)6-5-9-18/h7-8,10,18H,5-6,9,11H2,1-4H3,(H,17,19). The largest absolute Gasteiger partial charge is 0.396 e. The van der Waals surface area contributed by atoms with Crippen molar-refractivity contribution in [2.45, 2.75) is 52.5 Å². The van der Waals surface area contributed by atoms with Gasteiger partial charge in [-0.1, -0.05) is 39.0 Å². The van der Waals surface area contributed by atoms with Crippen molar-refractivity contribution in [2.24, 2.45) is 0 Å². The molecule has 0 saturated carbocycles. The highest BCUT2D eigenvalue weighted by Crippen LogP contribution is 2.24. The van der Waals surface area contributed by atoms with Crippen LogP contribution in [-0.4, -0.2) is 17.6 Å². The van der Waals surface area contributed by atoms with Crippen molar-refractivity contribution in [2.75, 3.05) is 6.61 Å². The van der Waals surface area contributed by atoms with Gasteiger partial charge in [0, 0.05) is 19.6 Å². The van der Waals surface area contributed by atoms with Crippen LogP contribution in [0.1, 0.15) is 50.3 Å². The molecule has 0 aliphatic carbocycles. The molecular formula is C16H25NO2. The summed E-state index contributed by atoms with van der Waals surface area (Å²) in [5.41, 5.74) is 3.80. The van der Waals surface area contributed by atoms with Crippen LogP contribution in [0.25, 0.3) is 0 Å². The lowest BCUT2D eigenvalue weighted by Gasteiger charge is -2.20. The van der Waals surface area contributed by atoms with Gasteiger partial charge in [0.2, 0.25) is 5.91 Å². The summed E-state index contributed by atoms with van der Waals surface area (Å²) < 4.78 is 0. The molecule has 1 aromatic carbocycles. The number of aliphatic hydroxyl groups excluding tert-OH is 1. The summed E-state index contributed by atoms with van der Waals surface area (Å²) in [5, 5.41) is 11.6. The Morgan fingerprint density at radius 2 is 2.00 bits per heavy atom. The van der Waals surface area contributed by atoms with E-state index >= 15 is 0 Å². The number of carbonyl (C=O) groups is 1. The number of aliphatic hydroxyl groups is 1. The van der Waals surface area contributed by atoms with E-state index in [1.54, 1.807) is 0 Å². The van der Waals surface area contributed by atoms with Crippen molar-refractivity contribution in [3.8, 4) is 0 Å². The van der Waals surface area contributed by atoms with Gasteiger partial charge in [-0.15, -0.1) is 0 Å². The number of hydrogen-bond acceptors (Lipinski definition) is 2. The van der Waals surface area contributed by atoms with Gasteiger partial charge in [-0.3, -0.25) is 4.79 Å². The fraction of sp³-hybridized carbons (Fsp3) is 0.562. The van der Waals surface area contributed by atoms with E-state index in [1.807, 2.05) is 0 Å². The van der Waals surface area contributed by atoms with Crippen molar-refractivity contribution in [1.82, 2.24) is 5.32 Å². The van der Waals surface area contributed by atoms with Crippen LogP contribution in [0.4, 0.5) is 0 Å². The molecule has 2 N–H and O–H groups in total. The van der Waals surface area contributed by atoms with Gasteiger partial charge in [-0.25, -0.2) is 0 Å². The summed E-state index contributed by atoms with van der Waals surface area (Å²) >= 11 is 0. The number of rotatable bonds is 5. The fourth-order valence-corrected chi connectivity index (χ4v) is 1.88. The molecule has 0 fully saturated rings. The van der Waals surface area contributed by atoms with Crippen molar-refractivity contribution >= 4 is 5.91 Å². The third-order valence-electron chi connectivity index (χ3n) is 3.25. The van der Waals surface area contributed by atoms with E-state index in [0.717, 1.165) is 5.56 Å². The van der Waals surface area contributed by atoms with Gasteiger partial charge in [-0.2, -0.15) is 0 Å². The molecule has 106 valence electrons. The smallest absolute Gasteiger partial charge is 0.220 e. The first-order valence-electron chi connectivity index (χ1n) is 6.82. The minimum absolute atomic E-state index is 0.00616. The van der Waals surface area contributed by atoms with Crippen molar-refractivity contribution in [3.05, 3.63) is 34.9 Å². The monoisotopic (exact) mass is 263 g/mol. The SMILES string of the molecule is Cc1cc(C(C)(C)C)ccc1CNC(=O)CCCO. The summed E-state index contributed by atoms with van der Waals surface area (Å²) in [6.45, 7) is 9.27. The van der Waals surface area contributed by atoms with Crippen LogP contribution in [0.3, 0.4) is 0 Å². The lowest BCUT2D eigenvalue weighted by Crippen LogP contribution is -2.23. The van der Waals surface area contributed by atoms with E-state index in [2.05, 4.69) is 51.2 Å². The van der Waals surface area contributed by atoms with Gasteiger partial charge < -0.3 is 10.4 Å². The Bertz CT molecular complexity index is 433. The molecule has 1 rings (SSSR count). The predicted octanol–water partition coefficient (Wildman–Crippen LogP) is 2.68. The predicted molar refractivity (Wildman–Crippen MR) is 78.0 cm³/mol. The maximum Gasteiger partial charge on any atom is 0.220 e. The number of nitrogens with one attached hydrogen (secondary N) is 1. The fourth-order valence-electron chi connectivity index (χ4n) is 1.88. The lowest BCUT2D eigenvalue weighted by molar-refractivity contribution is -0.121. The van der Waals surface area contributed by atoms with E-state index in [1.165, 1.54) is 11.1 Å². The Balaban J connectivity index is 2.63. The van der Waals surface area contributed by atoms with Gasteiger partial charge in [0.15, 0.2) is 0 Å². The third kappa shape index (κ3) is 5.03. The molecule has 0 aliphatic heterocycles. The molecule has 0 heterocycles. The van der Waals surface area contributed by atoms with E-state index < -0.39 is 0 Å². The molecule has 19 heavy (non-hydrogen) atoms. The zero-order chi connectivity index (χ0) is 14.5. The van der Waals surface area contributed by atoms with Crippen molar-refractivity contribution in [3.63, 3.8) is 0 Å². The Morgan fingerprint density at radius 3 is 2.53 bits per heavy atom. The van der Waals surface area contributed by atoms with Crippen LogP contribution in [-0.2, 0) is 16.8 Å². The average Bonchev–Trinajstić information content (AvgIpc) is 2.33. The maximum absolute atomic E-state index is 11.5.